The summed E-state index contributed by atoms with van der Waals surface area (Å²) in [4.78, 5) is 3.99. The molecule has 0 bridgehead atoms. The summed E-state index contributed by atoms with van der Waals surface area (Å²) < 4.78 is 13.0. The number of hydrogen-bond donors (Lipinski definition) is 2. The van der Waals surface area contributed by atoms with Crippen LogP contribution >= 0.6 is 0 Å². The molecule has 1 aromatic heterocycles. The Balaban J connectivity index is 2.84. The van der Waals surface area contributed by atoms with E-state index in [0.717, 1.165) is 5.69 Å². The minimum atomic E-state index is -0.856. The molecule has 3 atom stereocenters. The highest BCUT2D eigenvalue weighted by Gasteiger charge is 2.15. The SMILES string of the molecule is CC(CS(C)=O)n1cncc1C(N)CO. The van der Waals surface area contributed by atoms with E-state index < -0.39 is 16.8 Å². The largest absolute Gasteiger partial charge is 0.394 e. The van der Waals surface area contributed by atoms with Gasteiger partial charge in [-0.3, -0.25) is 4.21 Å². The van der Waals surface area contributed by atoms with Crippen molar-refractivity contribution in [2.75, 3.05) is 18.6 Å². The first kappa shape index (κ1) is 12.4. The van der Waals surface area contributed by atoms with E-state index in [1.54, 1.807) is 18.8 Å². The van der Waals surface area contributed by atoms with E-state index in [2.05, 4.69) is 4.98 Å². The van der Waals surface area contributed by atoms with Gasteiger partial charge in [-0.25, -0.2) is 4.98 Å². The Morgan fingerprint density at radius 1 is 1.73 bits per heavy atom. The molecule has 1 heterocycles. The molecule has 1 aromatic rings. The molecule has 0 aliphatic heterocycles. The third kappa shape index (κ3) is 3.12. The zero-order chi connectivity index (χ0) is 11.4. The molecule has 15 heavy (non-hydrogen) atoms. The fraction of sp³-hybridized carbons (Fsp3) is 0.667. The first-order valence-electron chi connectivity index (χ1n) is 4.74. The minimum Gasteiger partial charge on any atom is -0.394 e. The molecule has 6 heteroatoms. The predicted octanol–water partition coefficient (Wildman–Crippen LogP) is -0.185. The summed E-state index contributed by atoms with van der Waals surface area (Å²) in [5.41, 5.74) is 6.49. The van der Waals surface area contributed by atoms with E-state index in [9.17, 15) is 4.21 Å². The van der Waals surface area contributed by atoms with Gasteiger partial charge in [-0.1, -0.05) is 0 Å². The molecule has 1 rings (SSSR count). The van der Waals surface area contributed by atoms with Gasteiger partial charge in [0.05, 0.1) is 24.7 Å². The van der Waals surface area contributed by atoms with Gasteiger partial charge in [-0.05, 0) is 6.92 Å². The lowest BCUT2D eigenvalue weighted by Gasteiger charge is -2.18. The fourth-order valence-corrected chi connectivity index (χ4v) is 2.32. The number of aliphatic hydroxyl groups excluding tert-OH is 1. The monoisotopic (exact) mass is 231 g/mol. The van der Waals surface area contributed by atoms with Crippen molar-refractivity contribution in [1.29, 1.82) is 0 Å². The molecule has 0 radical (unpaired) electrons. The maximum Gasteiger partial charge on any atom is 0.0951 e. The molecule has 0 aliphatic carbocycles. The molecule has 0 amide bonds. The lowest BCUT2D eigenvalue weighted by molar-refractivity contribution is 0.262. The molecule has 0 saturated carbocycles. The summed E-state index contributed by atoms with van der Waals surface area (Å²) in [6, 6.07) is -0.355. The minimum absolute atomic E-state index is 0.0749. The van der Waals surface area contributed by atoms with Crippen molar-refractivity contribution in [3.05, 3.63) is 18.2 Å². The molecule has 0 aromatic carbocycles. The van der Waals surface area contributed by atoms with Gasteiger partial charge in [0.25, 0.3) is 0 Å². The normalized spacial score (nSPS) is 17.3. The van der Waals surface area contributed by atoms with Crippen molar-refractivity contribution in [3.63, 3.8) is 0 Å². The van der Waals surface area contributed by atoms with E-state index in [0.29, 0.717) is 5.75 Å². The standard InChI is InChI=1S/C9H17N3O2S/c1-7(5-15(2)14)12-6-11-3-9(12)8(10)4-13/h3,6-8,13H,4-5,10H2,1-2H3. The van der Waals surface area contributed by atoms with Crippen molar-refractivity contribution < 1.29 is 9.32 Å². The van der Waals surface area contributed by atoms with Crippen molar-refractivity contribution in [2.24, 2.45) is 5.73 Å². The van der Waals surface area contributed by atoms with E-state index in [1.807, 2.05) is 11.5 Å². The van der Waals surface area contributed by atoms with Crippen LogP contribution in [0.3, 0.4) is 0 Å². The molecule has 3 N–H and O–H groups in total. The number of imidazole rings is 1. The third-order valence-electron chi connectivity index (χ3n) is 2.22. The smallest absolute Gasteiger partial charge is 0.0951 e. The first-order valence-corrected chi connectivity index (χ1v) is 6.47. The highest BCUT2D eigenvalue weighted by molar-refractivity contribution is 7.84. The summed E-state index contributed by atoms with van der Waals surface area (Å²) in [7, 11) is -0.856. The summed E-state index contributed by atoms with van der Waals surface area (Å²) in [6.45, 7) is 1.84. The van der Waals surface area contributed by atoms with Crippen LogP contribution in [0.4, 0.5) is 0 Å². The van der Waals surface area contributed by atoms with E-state index >= 15 is 0 Å². The van der Waals surface area contributed by atoms with Gasteiger partial charge in [0.1, 0.15) is 0 Å². The maximum absolute atomic E-state index is 11.1. The Kier molecular flexibility index (Phi) is 4.44. The summed E-state index contributed by atoms with van der Waals surface area (Å²) in [5.74, 6) is 0.557. The zero-order valence-electron chi connectivity index (χ0n) is 8.96. The van der Waals surface area contributed by atoms with Crippen LogP contribution in [0.1, 0.15) is 24.7 Å². The quantitative estimate of drug-likeness (QED) is 0.736. The van der Waals surface area contributed by atoms with Crippen molar-refractivity contribution in [2.45, 2.75) is 19.0 Å². The summed E-state index contributed by atoms with van der Waals surface area (Å²) >= 11 is 0. The Hall–Kier alpha value is -0.720. The van der Waals surface area contributed by atoms with Gasteiger partial charge in [0, 0.05) is 35.0 Å². The number of hydrogen-bond acceptors (Lipinski definition) is 4. The molecule has 3 unspecified atom stereocenters. The van der Waals surface area contributed by atoms with Crippen LogP contribution in [0.25, 0.3) is 0 Å². The fourth-order valence-electron chi connectivity index (χ4n) is 1.48. The van der Waals surface area contributed by atoms with Crippen molar-refractivity contribution in [1.82, 2.24) is 9.55 Å². The lowest BCUT2D eigenvalue weighted by atomic mass is 10.2. The molecule has 86 valence electrons. The van der Waals surface area contributed by atoms with E-state index in [4.69, 9.17) is 10.8 Å². The van der Waals surface area contributed by atoms with Gasteiger partial charge in [0.2, 0.25) is 0 Å². The van der Waals surface area contributed by atoms with E-state index in [1.165, 1.54) is 0 Å². The summed E-state index contributed by atoms with van der Waals surface area (Å²) in [5, 5.41) is 8.97. The predicted molar refractivity (Wildman–Crippen MR) is 59.9 cm³/mol. The highest BCUT2D eigenvalue weighted by Crippen LogP contribution is 2.15. The third-order valence-corrected chi connectivity index (χ3v) is 3.18. The average Bonchev–Trinajstić information content (AvgIpc) is 2.63. The number of nitrogens with zero attached hydrogens (tertiary/aromatic N) is 2. The van der Waals surface area contributed by atoms with Crippen molar-refractivity contribution >= 4 is 10.8 Å². The van der Waals surface area contributed by atoms with Crippen LogP contribution in [-0.4, -0.2) is 37.5 Å². The molecule has 0 saturated heterocycles. The Bertz CT molecular complexity index is 340. The Labute approximate surface area is 91.8 Å². The van der Waals surface area contributed by atoms with Gasteiger partial charge >= 0.3 is 0 Å². The number of aromatic nitrogens is 2. The average molecular weight is 231 g/mol. The zero-order valence-corrected chi connectivity index (χ0v) is 9.78. The van der Waals surface area contributed by atoms with Crippen LogP contribution in [0.2, 0.25) is 0 Å². The second-order valence-corrected chi connectivity index (χ2v) is 5.08. The van der Waals surface area contributed by atoms with Crippen LogP contribution in [0.5, 0.6) is 0 Å². The second-order valence-electron chi connectivity index (χ2n) is 3.60. The van der Waals surface area contributed by atoms with Crippen LogP contribution in [0.15, 0.2) is 12.5 Å². The number of rotatable bonds is 5. The molecule has 0 aliphatic rings. The molecule has 0 fully saturated rings. The summed E-state index contributed by atoms with van der Waals surface area (Å²) in [6.07, 6.45) is 4.96. The Morgan fingerprint density at radius 2 is 2.40 bits per heavy atom. The van der Waals surface area contributed by atoms with Gasteiger partial charge < -0.3 is 15.4 Å². The van der Waals surface area contributed by atoms with Gasteiger partial charge in [-0.2, -0.15) is 0 Å². The van der Waals surface area contributed by atoms with E-state index in [-0.39, 0.29) is 12.6 Å². The molecular weight excluding hydrogens is 214 g/mol. The highest BCUT2D eigenvalue weighted by atomic mass is 32.2. The molecule has 5 nitrogen and oxygen atoms in total. The number of aliphatic hydroxyl groups is 1. The maximum atomic E-state index is 11.1. The first-order chi connectivity index (χ1) is 7.06. The lowest BCUT2D eigenvalue weighted by Crippen LogP contribution is -2.22. The molecule has 0 spiro atoms. The topological polar surface area (TPSA) is 81.1 Å². The van der Waals surface area contributed by atoms with Crippen LogP contribution < -0.4 is 5.73 Å². The van der Waals surface area contributed by atoms with Crippen LogP contribution in [0, 0.1) is 0 Å². The number of nitrogens with two attached hydrogens (primary N) is 1. The Morgan fingerprint density at radius 3 is 2.93 bits per heavy atom. The second kappa shape index (κ2) is 5.39. The van der Waals surface area contributed by atoms with Gasteiger partial charge in [0.15, 0.2) is 0 Å². The van der Waals surface area contributed by atoms with Crippen molar-refractivity contribution in [3.8, 4) is 0 Å². The van der Waals surface area contributed by atoms with Gasteiger partial charge in [-0.15, -0.1) is 0 Å². The molecular formula is C9H17N3O2S. The van der Waals surface area contributed by atoms with Crippen LogP contribution in [-0.2, 0) is 10.8 Å².